The average Bonchev–Trinajstić information content (AvgIpc) is 3.17. The van der Waals surface area contributed by atoms with Crippen LogP contribution in [0.5, 0.6) is 0 Å². The zero-order valence-corrected chi connectivity index (χ0v) is 18.2. The molecule has 0 aromatic rings. The highest BCUT2D eigenvalue weighted by molar-refractivity contribution is 5.73. The summed E-state index contributed by atoms with van der Waals surface area (Å²) in [6.45, 7) is 7.30. The minimum atomic E-state index is -0.893. The highest BCUT2D eigenvalue weighted by atomic mass is 16.6. The maximum atomic E-state index is 12.7. The molecule has 29 heavy (non-hydrogen) atoms. The predicted molar refractivity (Wildman–Crippen MR) is 107 cm³/mol. The molecule has 0 radical (unpaired) electrons. The molecule has 8 atom stereocenters. The topological polar surface area (TPSA) is 102 Å². The van der Waals surface area contributed by atoms with E-state index >= 15 is 0 Å². The molecule has 2 rings (SSSR count). The van der Waals surface area contributed by atoms with Gasteiger partial charge in [-0.15, -0.1) is 0 Å². The molecule has 7 heteroatoms. The Morgan fingerprint density at radius 3 is 2.28 bits per heavy atom. The molecular weight excluding hydrogens is 376 g/mol. The van der Waals surface area contributed by atoms with E-state index in [1.54, 1.807) is 6.92 Å². The van der Waals surface area contributed by atoms with Crippen molar-refractivity contribution in [2.45, 2.75) is 116 Å². The third-order valence-electron chi connectivity index (χ3n) is 6.36. The first-order chi connectivity index (χ1) is 13.7. The maximum Gasteiger partial charge on any atom is 0.311 e. The van der Waals surface area contributed by atoms with E-state index in [9.17, 15) is 19.8 Å². The Labute approximate surface area is 174 Å². The van der Waals surface area contributed by atoms with Crippen molar-refractivity contribution >= 4 is 11.9 Å². The Kier molecular flexibility index (Phi) is 9.37. The highest BCUT2D eigenvalue weighted by Gasteiger charge is 2.37. The van der Waals surface area contributed by atoms with Crippen molar-refractivity contribution in [3.8, 4) is 0 Å². The first-order valence-electron chi connectivity index (χ1n) is 11.2. The summed E-state index contributed by atoms with van der Waals surface area (Å²) in [5, 5.41) is 20.5. The third-order valence-corrected chi connectivity index (χ3v) is 6.36. The molecule has 168 valence electrons. The third kappa shape index (κ3) is 6.93. The van der Waals surface area contributed by atoms with Crippen molar-refractivity contribution in [3.63, 3.8) is 0 Å². The number of hydrogen-bond donors (Lipinski definition) is 2. The number of fused-ring (bicyclic) bond motifs is 2. The summed E-state index contributed by atoms with van der Waals surface area (Å²) in [6, 6.07) is 0. The lowest BCUT2D eigenvalue weighted by molar-refractivity contribution is -0.161. The van der Waals surface area contributed by atoms with Gasteiger partial charge in [-0.1, -0.05) is 13.8 Å². The van der Waals surface area contributed by atoms with Gasteiger partial charge in [-0.2, -0.15) is 0 Å². The molecule has 0 amide bonds. The van der Waals surface area contributed by atoms with Gasteiger partial charge in [-0.3, -0.25) is 9.59 Å². The fourth-order valence-electron chi connectivity index (χ4n) is 4.02. The Bertz CT molecular complexity index is 537. The first-order valence-corrected chi connectivity index (χ1v) is 11.2. The Hall–Kier alpha value is -1.18. The van der Waals surface area contributed by atoms with Gasteiger partial charge in [0.2, 0.25) is 0 Å². The summed E-state index contributed by atoms with van der Waals surface area (Å²) < 4.78 is 17.4. The van der Waals surface area contributed by atoms with Crippen LogP contribution in [0.15, 0.2) is 0 Å². The molecule has 0 aromatic carbocycles. The summed E-state index contributed by atoms with van der Waals surface area (Å²) >= 11 is 0. The standard InChI is InChI=1S/C22H38O7/c1-5-15(23)11-17-7-9-19(24)13(3)21(25)28-16(6-2)12-18-8-10-20(27-18)14(4)22(26)29-17/h13-20,23-24H,5-12H2,1-4H3/t13-,14-,15-,16+,17-,18+,19-,20-/m1/s1. The molecule has 0 aliphatic carbocycles. The molecule has 2 bridgehead atoms. The van der Waals surface area contributed by atoms with E-state index in [4.69, 9.17) is 14.2 Å². The lowest BCUT2D eigenvalue weighted by Gasteiger charge is -2.25. The normalized spacial score (nSPS) is 38.5. The van der Waals surface area contributed by atoms with Crippen LogP contribution < -0.4 is 0 Å². The summed E-state index contributed by atoms with van der Waals surface area (Å²) in [4.78, 5) is 25.2. The van der Waals surface area contributed by atoms with Gasteiger partial charge in [0.1, 0.15) is 12.2 Å². The van der Waals surface area contributed by atoms with Crippen LogP contribution in [-0.4, -0.2) is 58.8 Å². The number of aliphatic hydroxyl groups excluding tert-OH is 2. The van der Waals surface area contributed by atoms with Gasteiger partial charge in [0.25, 0.3) is 0 Å². The van der Waals surface area contributed by atoms with Crippen molar-refractivity contribution in [1.82, 2.24) is 0 Å². The first kappa shape index (κ1) is 24.1. The average molecular weight is 415 g/mol. The maximum absolute atomic E-state index is 12.7. The summed E-state index contributed by atoms with van der Waals surface area (Å²) in [7, 11) is 0. The van der Waals surface area contributed by atoms with Crippen molar-refractivity contribution in [2.24, 2.45) is 11.8 Å². The van der Waals surface area contributed by atoms with Crippen LogP contribution >= 0.6 is 0 Å². The van der Waals surface area contributed by atoms with E-state index in [2.05, 4.69) is 0 Å². The molecule has 2 N–H and O–H groups in total. The van der Waals surface area contributed by atoms with Crippen LogP contribution in [0, 0.1) is 11.8 Å². The highest BCUT2D eigenvalue weighted by Crippen LogP contribution is 2.31. The van der Waals surface area contributed by atoms with Crippen molar-refractivity contribution in [3.05, 3.63) is 0 Å². The van der Waals surface area contributed by atoms with E-state index in [0.29, 0.717) is 38.5 Å². The number of rotatable bonds is 4. The lowest BCUT2D eigenvalue weighted by atomic mass is 9.96. The molecule has 2 aliphatic heterocycles. The number of carbonyl (C=O) groups is 2. The minimum absolute atomic E-state index is 0.0592. The second-order valence-corrected chi connectivity index (χ2v) is 8.66. The van der Waals surface area contributed by atoms with E-state index in [0.717, 1.165) is 12.8 Å². The zero-order chi connectivity index (χ0) is 21.6. The molecule has 2 fully saturated rings. The fraction of sp³-hybridized carbons (Fsp3) is 0.909. The summed E-state index contributed by atoms with van der Waals surface area (Å²) in [5.74, 6) is -1.82. The summed E-state index contributed by atoms with van der Waals surface area (Å²) in [5.41, 5.74) is 0. The van der Waals surface area contributed by atoms with E-state index in [1.165, 1.54) is 0 Å². The Morgan fingerprint density at radius 2 is 1.62 bits per heavy atom. The van der Waals surface area contributed by atoms with E-state index in [1.807, 2.05) is 20.8 Å². The number of carbonyl (C=O) groups excluding carboxylic acids is 2. The second kappa shape index (κ2) is 11.3. The van der Waals surface area contributed by atoms with Crippen molar-refractivity contribution in [2.75, 3.05) is 0 Å². The van der Waals surface area contributed by atoms with Gasteiger partial charge < -0.3 is 24.4 Å². The fourth-order valence-corrected chi connectivity index (χ4v) is 4.02. The Morgan fingerprint density at radius 1 is 0.966 bits per heavy atom. The summed E-state index contributed by atoms with van der Waals surface area (Å²) in [6.07, 6.45) is 1.85. The molecule has 2 saturated heterocycles. The number of hydrogen-bond acceptors (Lipinski definition) is 7. The molecular formula is C22H38O7. The largest absolute Gasteiger partial charge is 0.462 e. The molecule has 2 heterocycles. The molecule has 0 spiro atoms. The molecule has 0 saturated carbocycles. The quantitative estimate of drug-likeness (QED) is 0.682. The van der Waals surface area contributed by atoms with Crippen LogP contribution in [-0.2, 0) is 23.8 Å². The monoisotopic (exact) mass is 414 g/mol. The zero-order valence-electron chi connectivity index (χ0n) is 18.2. The van der Waals surface area contributed by atoms with Crippen LogP contribution in [0.3, 0.4) is 0 Å². The Balaban J connectivity index is 2.17. The number of ether oxygens (including phenoxy) is 3. The smallest absolute Gasteiger partial charge is 0.311 e. The van der Waals surface area contributed by atoms with E-state index < -0.39 is 36.1 Å². The van der Waals surface area contributed by atoms with Crippen LogP contribution in [0.25, 0.3) is 0 Å². The molecule has 7 nitrogen and oxygen atoms in total. The van der Waals surface area contributed by atoms with Crippen LogP contribution in [0.1, 0.15) is 79.1 Å². The van der Waals surface area contributed by atoms with Crippen LogP contribution in [0.2, 0.25) is 0 Å². The van der Waals surface area contributed by atoms with E-state index in [-0.39, 0.29) is 24.3 Å². The van der Waals surface area contributed by atoms with Gasteiger partial charge in [0.15, 0.2) is 0 Å². The number of aliphatic hydroxyl groups is 2. The van der Waals surface area contributed by atoms with Gasteiger partial charge in [0, 0.05) is 12.8 Å². The minimum Gasteiger partial charge on any atom is -0.462 e. The number of esters is 2. The molecule has 0 unspecified atom stereocenters. The van der Waals surface area contributed by atoms with Gasteiger partial charge in [-0.05, 0) is 52.4 Å². The molecule has 2 aliphatic rings. The lowest BCUT2D eigenvalue weighted by Crippen LogP contribution is -2.33. The SMILES string of the molecule is CC[C@@H](O)C[C@H]1CC[C@@H](O)[C@@H](C)C(=O)O[C@@H](CC)C[C@@H]2CC[C@@H](O2)[C@@H](C)C(=O)O1. The van der Waals surface area contributed by atoms with Gasteiger partial charge >= 0.3 is 11.9 Å². The molecule has 0 aromatic heterocycles. The van der Waals surface area contributed by atoms with Crippen molar-refractivity contribution in [1.29, 1.82) is 0 Å². The van der Waals surface area contributed by atoms with Gasteiger partial charge in [-0.25, -0.2) is 0 Å². The van der Waals surface area contributed by atoms with Gasteiger partial charge in [0.05, 0.1) is 36.3 Å². The predicted octanol–water partition coefficient (Wildman–Crippen LogP) is 2.75. The van der Waals surface area contributed by atoms with Crippen LogP contribution in [0.4, 0.5) is 0 Å². The second-order valence-electron chi connectivity index (χ2n) is 8.66. The van der Waals surface area contributed by atoms with Crippen molar-refractivity contribution < 1.29 is 34.0 Å². The number of cyclic esters (lactones) is 2.